The maximum atomic E-state index is 11.5. The lowest BCUT2D eigenvalue weighted by molar-refractivity contribution is -0.139. The second-order valence-electron chi connectivity index (χ2n) is 6.01. The number of aromatic nitrogens is 2. The van der Waals surface area contributed by atoms with Crippen molar-refractivity contribution in [1.29, 1.82) is 0 Å². The summed E-state index contributed by atoms with van der Waals surface area (Å²) in [4.78, 5) is 18.0. The van der Waals surface area contributed by atoms with E-state index < -0.39 is 11.9 Å². The lowest BCUT2D eigenvalue weighted by atomic mass is 9.90. The molecule has 0 saturated heterocycles. The van der Waals surface area contributed by atoms with Gasteiger partial charge in [-0.1, -0.05) is 34.9 Å². The van der Waals surface area contributed by atoms with Crippen molar-refractivity contribution in [3.05, 3.63) is 40.0 Å². The first-order valence-corrected chi connectivity index (χ1v) is 8.34. The molecule has 0 saturated carbocycles. The summed E-state index contributed by atoms with van der Waals surface area (Å²) in [6.45, 7) is 5.16. The molecule has 1 unspecified atom stereocenters. The standard InChI is InChI=1S/C16H18BrN3O3/c1-9(2)15-18-14(23-19-15)8-20-6-5-11(16(21)22)12-7-10(17)3-4-13(12)20/h3-4,7,9,11H,5-6,8H2,1-2H3,(H,21,22). The van der Waals surface area contributed by atoms with Crippen molar-refractivity contribution in [3.63, 3.8) is 0 Å². The molecule has 0 radical (unpaired) electrons. The van der Waals surface area contributed by atoms with Gasteiger partial charge in [0.1, 0.15) is 0 Å². The van der Waals surface area contributed by atoms with Gasteiger partial charge in [-0.25, -0.2) is 0 Å². The fourth-order valence-corrected chi connectivity index (χ4v) is 3.18. The number of carboxylic acids is 1. The van der Waals surface area contributed by atoms with Gasteiger partial charge in [0, 0.05) is 22.6 Å². The fourth-order valence-electron chi connectivity index (χ4n) is 2.80. The van der Waals surface area contributed by atoms with Gasteiger partial charge in [-0.2, -0.15) is 4.98 Å². The zero-order valence-corrected chi connectivity index (χ0v) is 14.6. The van der Waals surface area contributed by atoms with Crippen LogP contribution < -0.4 is 4.90 Å². The number of halogens is 1. The molecule has 1 aliphatic heterocycles. The molecule has 1 aliphatic rings. The van der Waals surface area contributed by atoms with Gasteiger partial charge in [-0.05, 0) is 30.2 Å². The Kier molecular flexibility index (Phi) is 4.39. The Morgan fingerprint density at radius 2 is 2.30 bits per heavy atom. The van der Waals surface area contributed by atoms with Crippen molar-refractivity contribution in [2.24, 2.45) is 0 Å². The summed E-state index contributed by atoms with van der Waals surface area (Å²) < 4.78 is 6.19. The predicted molar refractivity (Wildman–Crippen MR) is 88.6 cm³/mol. The van der Waals surface area contributed by atoms with Crippen LogP contribution >= 0.6 is 15.9 Å². The smallest absolute Gasteiger partial charge is 0.311 e. The van der Waals surface area contributed by atoms with E-state index >= 15 is 0 Å². The van der Waals surface area contributed by atoms with Crippen LogP contribution in [0.3, 0.4) is 0 Å². The summed E-state index contributed by atoms with van der Waals surface area (Å²) in [6, 6.07) is 5.74. The largest absolute Gasteiger partial charge is 0.481 e. The van der Waals surface area contributed by atoms with E-state index in [4.69, 9.17) is 4.52 Å². The Morgan fingerprint density at radius 1 is 1.52 bits per heavy atom. The van der Waals surface area contributed by atoms with Crippen molar-refractivity contribution in [1.82, 2.24) is 10.1 Å². The van der Waals surface area contributed by atoms with Gasteiger partial charge in [0.2, 0.25) is 5.89 Å². The monoisotopic (exact) mass is 379 g/mol. The Balaban J connectivity index is 1.89. The first-order valence-electron chi connectivity index (χ1n) is 7.55. The molecule has 0 fully saturated rings. The van der Waals surface area contributed by atoms with Gasteiger partial charge in [0.15, 0.2) is 5.82 Å². The third-order valence-electron chi connectivity index (χ3n) is 4.02. The SMILES string of the molecule is CC(C)c1noc(CN2CCC(C(=O)O)c3cc(Br)ccc32)n1. The number of nitrogens with zero attached hydrogens (tertiary/aromatic N) is 3. The lowest BCUT2D eigenvalue weighted by Crippen LogP contribution is -2.33. The number of hydrogen-bond donors (Lipinski definition) is 1. The molecular formula is C16H18BrN3O3. The minimum atomic E-state index is -0.788. The molecule has 6 nitrogen and oxygen atoms in total. The van der Waals surface area contributed by atoms with Crippen molar-refractivity contribution >= 4 is 27.6 Å². The van der Waals surface area contributed by atoms with E-state index in [1.165, 1.54) is 0 Å². The van der Waals surface area contributed by atoms with Crippen LogP contribution in [0.4, 0.5) is 5.69 Å². The maximum absolute atomic E-state index is 11.5. The first kappa shape index (κ1) is 16.0. The van der Waals surface area contributed by atoms with Crippen molar-refractivity contribution in [2.75, 3.05) is 11.4 Å². The molecular weight excluding hydrogens is 362 g/mol. The highest BCUT2D eigenvalue weighted by Crippen LogP contribution is 2.37. The first-order chi connectivity index (χ1) is 11.0. The molecule has 1 aromatic heterocycles. The molecule has 2 heterocycles. The van der Waals surface area contributed by atoms with Crippen molar-refractivity contribution < 1.29 is 14.4 Å². The Hall–Kier alpha value is -1.89. The molecule has 0 amide bonds. The summed E-state index contributed by atoms with van der Waals surface area (Å²) >= 11 is 3.42. The third kappa shape index (κ3) is 3.24. The van der Waals surface area contributed by atoms with E-state index in [1.807, 2.05) is 32.0 Å². The average Bonchev–Trinajstić information content (AvgIpc) is 2.95. The molecule has 0 bridgehead atoms. The van der Waals surface area contributed by atoms with Crippen molar-refractivity contribution in [3.8, 4) is 0 Å². The number of fused-ring (bicyclic) bond motifs is 1. The number of anilines is 1. The van der Waals surface area contributed by atoms with E-state index in [2.05, 4.69) is 31.0 Å². The van der Waals surface area contributed by atoms with Crippen LogP contribution in [0.15, 0.2) is 27.2 Å². The summed E-state index contributed by atoms with van der Waals surface area (Å²) in [5, 5.41) is 13.4. The van der Waals surface area contributed by atoms with Crippen molar-refractivity contribution in [2.45, 2.75) is 38.6 Å². The highest BCUT2D eigenvalue weighted by molar-refractivity contribution is 9.10. The number of rotatable bonds is 4. The van der Waals surface area contributed by atoms with Crippen LogP contribution in [0.2, 0.25) is 0 Å². The van der Waals surface area contributed by atoms with Crippen LogP contribution in [0, 0.1) is 0 Å². The Morgan fingerprint density at radius 3 is 2.96 bits per heavy atom. The number of hydrogen-bond acceptors (Lipinski definition) is 5. The molecule has 122 valence electrons. The van der Waals surface area contributed by atoms with Crippen LogP contribution in [0.5, 0.6) is 0 Å². The van der Waals surface area contributed by atoms with E-state index in [0.717, 1.165) is 15.7 Å². The van der Waals surface area contributed by atoms with Gasteiger partial charge in [-0.15, -0.1) is 0 Å². The number of benzene rings is 1. The van der Waals surface area contributed by atoms with Gasteiger partial charge >= 0.3 is 5.97 Å². The van der Waals surface area contributed by atoms with Crippen LogP contribution in [-0.2, 0) is 11.3 Å². The molecule has 3 rings (SSSR count). The molecule has 0 aliphatic carbocycles. The number of aliphatic carboxylic acids is 1. The predicted octanol–water partition coefficient (Wildman–Crippen LogP) is 3.53. The molecule has 23 heavy (non-hydrogen) atoms. The quantitative estimate of drug-likeness (QED) is 0.874. The molecule has 1 aromatic carbocycles. The van der Waals surface area contributed by atoms with Crippen LogP contribution in [0.25, 0.3) is 0 Å². The Labute approximate surface area is 142 Å². The van der Waals surface area contributed by atoms with E-state index in [1.54, 1.807) is 0 Å². The third-order valence-corrected chi connectivity index (χ3v) is 4.51. The Bertz CT molecular complexity index is 729. The minimum Gasteiger partial charge on any atom is -0.481 e. The van der Waals surface area contributed by atoms with Crippen LogP contribution in [-0.4, -0.2) is 27.8 Å². The second kappa shape index (κ2) is 6.31. The molecule has 1 atom stereocenters. The lowest BCUT2D eigenvalue weighted by Gasteiger charge is -2.33. The number of carboxylic acid groups (broad SMARTS) is 1. The molecule has 2 aromatic rings. The van der Waals surface area contributed by atoms with Gasteiger partial charge in [0.25, 0.3) is 0 Å². The highest BCUT2D eigenvalue weighted by atomic mass is 79.9. The van der Waals surface area contributed by atoms with Crippen LogP contribution in [0.1, 0.15) is 49.4 Å². The fraction of sp³-hybridized carbons (Fsp3) is 0.438. The summed E-state index contributed by atoms with van der Waals surface area (Å²) in [5.74, 6) is 0.192. The average molecular weight is 380 g/mol. The summed E-state index contributed by atoms with van der Waals surface area (Å²) in [5.41, 5.74) is 1.73. The van der Waals surface area contributed by atoms with E-state index in [9.17, 15) is 9.90 Å². The normalized spacial score (nSPS) is 17.4. The summed E-state index contributed by atoms with van der Waals surface area (Å²) in [6.07, 6.45) is 0.559. The van der Waals surface area contributed by atoms with E-state index in [0.29, 0.717) is 31.2 Å². The molecule has 1 N–H and O–H groups in total. The van der Waals surface area contributed by atoms with Gasteiger partial charge in [-0.3, -0.25) is 4.79 Å². The van der Waals surface area contributed by atoms with Gasteiger partial charge in [0.05, 0.1) is 12.5 Å². The topological polar surface area (TPSA) is 79.5 Å². The van der Waals surface area contributed by atoms with E-state index in [-0.39, 0.29) is 5.92 Å². The zero-order valence-electron chi connectivity index (χ0n) is 13.0. The molecule has 0 spiro atoms. The maximum Gasteiger partial charge on any atom is 0.311 e. The second-order valence-corrected chi connectivity index (χ2v) is 6.92. The highest BCUT2D eigenvalue weighted by Gasteiger charge is 2.30. The minimum absolute atomic E-state index is 0.216. The molecule has 7 heteroatoms. The van der Waals surface area contributed by atoms with Gasteiger partial charge < -0.3 is 14.5 Å². The number of carbonyl (C=O) groups is 1. The zero-order chi connectivity index (χ0) is 16.6. The summed E-state index contributed by atoms with van der Waals surface area (Å²) in [7, 11) is 0.